The fourth-order valence-corrected chi connectivity index (χ4v) is 3.19. The first-order chi connectivity index (χ1) is 11.8. The molecule has 0 bridgehead atoms. The molecule has 0 aromatic rings. The van der Waals surface area contributed by atoms with Gasteiger partial charge in [-0.25, -0.2) is 0 Å². The van der Waals surface area contributed by atoms with Gasteiger partial charge in [-0.2, -0.15) is 0 Å². The van der Waals surface area contributed by atoms with E-state index in [1.165, 1.54) is 83.5 Å². The molecule has 0 N–H and O–H groups in total. The molecule has 0 saturated heterocycles. The molecule has 0 saturated carbocycles. The molecule has 0 heterocycles. The molecule has 1 atom stereocenters. The number of ether oxygens (including phenoxy) is 1. The SMILES string of the molecule is CCCCCCCCCCCCOC(=O)C(CC)CCCCCC. The van der Waals surface area contributed by atoms with Crippen molar-refractivity contribution >= 4 is 5.97 Å². The van der Waals surface area contributed by atoms with Gasteiger partial charge in [0.05, 0.1) is 12.5 Å². The monoisotopic (exact) mass is 340 g/mol. The number of unbranched alkanes of at least 4 members (excludes halogenated alkanes) is 12. The van der Waals surface area contributed by atoms with Crippen molar-refractivity contribution < 1.29 is 9.53 Å². The fraction of sp³-hybridized carbons (Fsp3) is 0.955. The average molecular weight is 341 g/mol. The number of rotatable bonds is 18. The minimum absolute atomic E-state index is 0.0462. The highest BCUT2D eigenvalue weighted by Crippen LogP contribution is 2.16. The highest BCUT2D eigenvalue weighted by atomic mass is 16.5. The van der Waals surface area contributed by atoms with Crippen molar-refractivity contribution in [2.75, 3.05) is 6.61 Å². The van der Waals surface area contributed by atoms with Crippen LogP contribution in [-0.2, 0) is 9.53 Å². The van der Waals surface area contributed by atoms with Crippen LogP contribution in [0.2, 0.25) is 0 Å². The quantitative estimate of drug-likeness (QED) is 0.191. The van der Waals surface area contributed by atoms with E-state index in [1.807, 2.05) is 0 Å². The van der Waals surface area contributed by atoms with Gasteiger partial charge in [-0.3, -0.25) is 4.79 Å². The van der Waals surface area contributed by atoms with Gasteiger partial charge in [-0.05, 0) is 19.3 Å². The summed E-state index contributed by atoms with van der Waals surface area (Å²) in [5.41, 5.74) is 0. The average Bonchev–Trinajstić information content (AvgIpc) is 2.59. The summed E-state index contributed by atoms with van der Waals surface area (Å²) < 4.78 is 5.49. The van der Waals surface area contributed by atoms with Crippen molar-refractivity contribution in [3.63, 3.8) is 0 Å². The lowest BCUT2D eigenvalue weighted by Gasteiger charge is -2.14. The molecule has 0 aliphatic heterocycles. The first-order valence-corrected chi connectivity index (χ1v) is 10.9. The Labute approximate surface area is 152 Å². The third kappa shape index (κ3) is 15.0. The van der Waals surface area contributed by atoms with Crippen molar-refractivity contribution in [2.45, 2.75) is 124 Å². The van der Waals surface area contributed by atoms with Gasteiger partial charge >= 0.3 is 5.97 Å². The summed E-state index contributed by atoms with van der Waals surface area (Å²) in [6.45, 7) is 7.22. The van der Waals surface area contributed by atoms with Crippen LogP contribution < -0.4 is 0 Å². The van der Waals surface area contributed by atoms with Gasteiger partial charge in [0.1, 0.15) is 0 Å². The van der Waals surface area contributed by atoms with Crippen LogP contribution in [0.3, 0.4) is 0 Å². The predicted molar refractivity (Wildman–Crippen MR) is 105 cm³/mol. The van der Waals surface area contributed by atoms with Crippen molar-refractivity contribution in [3.8, 4) is 0 Å². The molecule has 0 radical (unpaired) electrons. The second-order valence-corrected chi connectivity index (χ2v) is 7.30. The van der Waals surface area contributed by atoms with Crippen molar-refractivity contribution in [1.29, 1.82) is 0 Å². The van der Waals surface area contributed by atoms with Gasteiger partial charge < -0.3 is 4.74 Å². The Morgan fingerprint density at radius 2 is 1.12 bits per heavy atom. The lowest BCUT2D eigenvalue weighted by Crippen LogP contribution is -2.17. The first-order valence-electron chi connectivity index (χ1n) is 10.9. The molecule has 24 heavy (non-hydrogen) atoms. The molecule has 0 rings (SSSR count). The largest absolute Gasteiger partial charge is 0.465 e. The lowest BCUT2D eigenvalue weighted by molar-refractivity contribution is -0.149. The molecule has 0 fully saturated rings. The van der Waals surface area contributed by atoms with Crippen molar-refractivity contribution in [2.24, 2.45) is 5.92 Å². The number of carbonyl (C=O) groups excluding carboxylic acids is 1. The van der Waals surface area contributed by atoms with Crippen LogP contribution >= 0.6 is 0 Å². The third-order valence-corrected chi connectivity index (χ3v) is 4.97. The first kappa shape index (κ1) is 23.5. The minimum atomic E-state index is 0.0462. The molecule has 144 valence electrons. The van der Waals surface area contributed by atoms with Crippen LogP contribution in [0.4, 0.5) is 0 Å². The van der Waals surface area contributed by atoms with Gasteiger partial charge in [0, 0.05) is 0 Å². The van der Waals surface area contributed by atoms with E-state index < -0.39 is 0 Å². The fourth-order valence-electron chi connectivity index (χ4n) is 3.19. The highest BCUT2D eigenvalue weighted by molar-refractivity contribution is 5.72. The number of hydrogen-bond donors (Lipinski definition) is 0. The minimum Gasteiger partial charge on any atom is -0.465 e. The Bertz CT molecular complexity index is 263. The zero-order valence-corrected chi connectivity index (χ0v) is 16.9. The number of hydrogen-bond acceptors (Lipinski definition) is 2. The van der Waals surface area contributed by atoms with Crippen LogP contribution in [0, 0.1) is 5.92 Å². The summed E-state index contributed by atoms with van der Waals surface area (Å²) in [7, 11) is 0. The second-order valence-electron chi connectivity index (χ2n) is 7.30. The zero-order valence-electron chi connectivity index (χ0n) is 16.9. The van der Waals surface area contributed by atoms with E-state index >= 15 is 0 Å². The van der Waals surface area contributed by atoms with Gasteiger partial charge in [0.25, 0.3) is 0 Å². The summed E-state index contributed by atoms with van der Waals surface area (Å²) >= 11 is 0. The molecular weight excluding hydrogens is 296 g/mol. The maximum Gasteiger partial charge on any atom is 0.308 e. The molecule has 2 nitrogen and oxygen atoms in total. The van der Waals surface area contributed by atoms with Gasteiger partial charge in [-0.1, -0.05) is 104 Å². The van der Waals surface area contributed by atoms with E-state index in [0.717, 1.165) is 19.3 Å². The van der Waals surface area contributed by atoms with Crippen LogP contribution in [0.15, 0.2) is 0 Å². The second kappa shape index (κ2) is 18.8. The topological polar surface area (TPSA) is 26.3 Å². The molecule has 0 aliphatic rings. The van der Waals surface area contributed by atoms with Crippen molar-refractivity contribution in [1.82, 2.24) is 0 Å². The van der Waals surface area contributed by atoms with E-state index in [4.69, 9.17) is 4.74 Å². The summed E-state index contributed by atoms with van der Waals surface area (Å²) in [4.78, 5) is 12.1. The predicted octanol–water partition coefficient (Wildman–Crippen LogP) is 7.45. The molecule has 0 spiro atoms. The summed E-state index contributed by atoms with van der Waals surface area (Å²) in [5.74, 6) is 0.176. The Hall–Kier alpha value is -0.530. The number of carbonyl (C=O) groups is 1. The van der Waals surface area contributed by atoms with E-state index in [0.29, 0.717) is 6.61 Å². The van der Waals surface area contributed by atoms with E-state index in [9.17, 15) is 4.79 Å². The van der Waals surface area contributed by atoms with Gasteiger partial charge in [0.2, 0.25) is 0 Å². The normalized spacial score (nSPS) is 12.3. The molecule has 0 aromatic heterocycles. The standard InChI is InChI=1S/C22H44O2/c1-4-7-9-11-12-13-14-15-16-18-20-24-22(23)21(6-3)19-17-10-8-5-2/h21H,4-20H2,1-3H3. The maximum atomic E-state index is 12.1. The zero-order chi connectivity index (χ0) is 17.9. The summed E-state index contributed by atoms with van der Waals surface area (Å²) in [5, 5.41) is 0. The molecule has 0 aliphatic carbocycles. The van der Waals surface area contributed by atoms with Crippen LogP contribution in [0.5, 0.6) is 0 Å². The lowest BCUT2D eigenvalue weighted by atomic mass is 9.98. The summed E-state index contributed by atoms with van der Waals surface area (Å²) in [6.07, 6.45) is 20.0. The highest BCUT2D eigenvalue weighted by Gasteiger charge is 2.17. The van der Waals surface area contributed by atoms with Gasteiger partial charge in [-0.15, -0.1) is 0 Å². The molecule has 1 unspecified atom stereocenters. The van der Waals surface area contributed by atoms with Crippen LogP contribution in [-0.4, -0.2) is 12.6 Å². The van der Waals surface area contributed by atoms with Crippen molar-refractivity contribution in [3.05, 3.63) is 0 Å². The molecule has 0 aromatic carbocycles. The Morgan fingerprint density at radius 3 is 1.62 bits per heavy atom. The third-order valence-electron chi connectivity index (χ3n) is 4.97. The van der Waals surface area contributed by atoms with E-state index in [2.05, 4.69) is 20.8 Å². The van der Waals surface area contributed by atoms with E-state index in [-0.39, 0.29) is 11.9 Å². The Morgan fingerprint density at radius 1 is 0.667 bits per heavy atom. The Balaban J connectivity index is 3.43. The number of esters is 1. The summed E-state index contributed by atoms with van der Waals surface area (Å²) in [6, 6.07) is 0. The Kier molecular flexibility index (Phi) is 18.4. The maximum absolute atomic E-state index is 12.1. The van der Waals surface area contributed by atoms with Crippen LogP contribution in [0.1, 0.15) is 124 Å². The molecule has 2 heteroatoms. The van der Waals surface area contributed by atoms with Gasteiger partial charge in [0.15, 0.2) is 0 Å². The molecular formula is C22H44O2. The van der Waals surface area contributed by atoms with E-state index in [1.54, 1.807) is 0 Å². The smallest absolute Gasteiger partial charge is 0.308 e. The molecule has 0 amide bonds. The van der Waals surface area contributed by atoms with Crippen LogP contribution in [0.25, 0.3) is 0 Å².